The van der Waals surface area contributed by atoms with Gasteiger partial charge in [0.25, 0.3) is 0 Å². The van der Waals surface area contributed by atoms with Crippen LogP contribution in [0.15, 0.2) is 0 Å². The highest BCUT2D eigenvalue weighted by molar-refractivity contribution is 5.84. The number of nitrogens with one attached hydrogen (secondary N) is 1. The SMILES string of the molecule is CCNC1(C(N)=O)CCN(CC)CC1. The number of amides is 1. The van der Waals surface area contributed by atoms with Crippen LogP contribution >= 0.6 is 0 Å². The molecule has 0 aliphatic carbocycles. The highest BCUT2D eigenvalue weighted by Gasteiger charge is 2.38. The summed E-state index contributed by atoms with van der Waals surface area (Å²) in [6, 6.07) is 0. The largest absolute Gasteiger partial charge is 0.368 e. The van der Waals surface area contributed by atoms with Crippen LogP contribution in [-0.4, -0.2) is 42.5 Å². The molecular weight excluding hydrogens is 178 g/mol. The Bertz CT molecular complexity index is 198. The Balaban J connectivity index is 2.59. The summed E-state index contributed by atoms with van der Waals surface area (Å²) in [4.78, 5) is 13.7. The van der Waals surface area contributed by atoms with Crippen molar-refractivity contribution in [3.63, 3.8) is 0 Å². The van der Waals surface area contributed by atoms with Crippen molar-refractivity contribution in [2.45, 2.75) is 32.2 Å². The van der Waals surface area contributed by atoms with E-state index in [1.807, 2.05) is 6.92 Å². The second-order valence-electron chi connectivity index (χ2n) is 3.91. The summed E-state index contributed by atoms with van der Waals surface area (Å²) in [6.45, 7) is 7.94. The van der Waals surface area contributed by atoms with E-state index in [1.54, 1.807) is 0 Å². The molecule has 4 nitrogen and oxygen atoms in total. The smallest absolute Gasteiger partial charge is 0.237 e. The lowest BCUT2D eigenvalue weighted by Crippen LogP contribution is -2.60. The maximum Gasteiger partial charge on any atom is 0.237 e. The second-order valence-corrected chi connectivity index (χ2v) is 3.91. The van der Waals surface area contributed by atoms with Crippen molar-refractivity contribution in [2.24, 2.45) is 5.73 Å². The zero-order valence-electron chi connectivity index (χ0n) is 9.18. The van der Waals surface area contributed by atoms with E-state index < -0.39 is 5.54 Å². The first-order valence-electron chi connectivity index (χ1n) is 5.42. The van der Waals surface area contributed by atoms with Crippen molar-refractivity contribution in [1.82, 2.24) is 10.2 Å². The van der Waals surface area contributed by atoms with E-state index in [9.17, 15) is 4.79 Å². The number of piperidine rings is 1. The Morgan fingerprint density at radius 1 is 1.43 bits per heavy atom. The molecule has 3 N–H and O–H groups in total. The topological polar surface area (TPSA) is 58.4 Å². The first kappa shape index (κ1) is 11.5. The molecule has 1 heterocycles. The molecule has 0 saturated carbocycles. The fourth-order valence-corrected chi connectivity index (χ4v) is 2.10. The predicted molar refractivity (Wildman–Crippen MR) is 57.0 cm³/mol. The summed E-state index contributed by atoms with van der Waals surface area (Å²) < 4.78 is 0. The highest BCUT2D eigenvalue weighted by atomic mass is 16.1. The number of likely N-dealkylation sites (N-methyl/N-ethyl adjacent to an activating group) is 1. The van der Waals surface area contributed by atoms with Crippen LogP contribution in [0.5, 0.6) is 0 Å². The van der Waals surface area contributed by atoms with Gasteiger partial charge in [-0.2, -0.15) is 0 Å². The molecule has 1 aliphatic heterocycles. The quantitative estimate of drug-likeness (QED) is 0.666. The molecule has 0 bridgehead atoms. The first-order valence-corrected chi connectivity index (χ1v) is 5.42. The Hall–Kier alpha value is -0.610. The number of carbonyl (C=O) groups excluding carboxylic acids is 1. The molecule has 0 spiro atoms. The fraction of sp³-hybridized carbons (Fsp3) is 0.900. The predicted octanol–water partition coefficient (Wildman–Crippen LogP) is -0.0643. The summed E-state index contributed by atoms with van der Waals surface area (Å²) in [5.74, 6) is -0.199. The highest BCUT2D eigenvalue weighted by Crippen LogP contribution is 2.21. The van der Waals surface area contributed by atoms with E-state index in [1.165, 1.54) is 0 Å². The van der Waals surface area contributed by atoms with Crippen molar-refractivity contribution in [3.8, 4) is 0 Å². The van der Waals surface area contributed by atoms with E-state index in [2.05, 4.69) is 17.1 Å². The minimum absolute atomic E-state index is 0.199. The summed E-state index contributed by atoms with van der Waals surface area (Å²) in [6.07, 6.45) is 1.67. The first-order chi connectivity index (χ1) is 6.64. The van der Waals surface area contributed by atoms with Gasteiger partial charge < -0.3 is 16.0 Å². The minimum Gasteiger partial charge on any atom is -0.368 e. The van der Waals surface area contributed by atoms with Gasteiger partial charge in [0, 0.05) is 13.1 Å². The maximum atomic E-state index is 11.4. The fourth-order valence-electron chi connectivity index (χ4n) is 2.10. The molecule has 4 heteroatoms. The molecule has 1 aliphatic rings. The summed E-state index contributed by atoms with van der Waals surface area (Å²) in [5, 5.41) is 3.24. The van der Waals surface area contributed by atoms with Crippen LogP contribution in [0.25, 0.3) is 0 Å². The van der Waals surface area contributed by atoms with Crippen LogP contribution in [0.4, 0.5) is 0 Å². The molecule has 1 fully saturated rings. The number of nitrogens with two attached hydrogens (primary N) is 1. The van der Waals surface area contributed by atoms with Crippen LogP contribution in [0.3, 0.4) is 0 Å². The lowest BCUT2D eigenvalue weighted by atomic mass is 9.86. The molecule has 14 heavy (non-hydrogen) atoms. The van der Waals surface area contributed by atoms with Gasteiger partial charge >= 0.3 is 0 Å². The molecule has 1 amide bonds. The normalized spacial score (nSPS) is 22.1. The molecule has 0 aromatic heterocycles. The Labute approximate surface area is 85.8 Å². The number of carbonyl (C=O) groups is 1. The van der Waals surface area contributed by atoms with Gasteiger partial charge in [0.2, 0.25) is 5.91 Å². The number of primary amides is 1. The molecule has 82 valence electrons. The second kappa shape index (κ2) is 4.75. The van der Waals surface area contributed by atoms with Crippen molar-refractivity contribution in [1.29, 1.82) is 0 Å². The van der Waals surface area contributed by atoms with Crippen molar-refractivity contribution < 1.29 is 4.79 Å². The Kier molecular flexibility index (Phi) is 3.89. The number of likely N-dealkylation sites (tertiary alicyclic amines) is 1. The van der Waals surface area contributed by atoms with Crippen molar-refractivity contribution >= 4 is 5.91 Å². The van der Waals surface area contributed by atoms with E-state index in [-0.39, 0.29) is 5.91 Å². The van der Waals surface area contributed by atoms with E-state index in [0.29, 0.717) is 0 Å². The van der Waals surface area contributed by atoms with Gasteiger partial charge in [-0.05, 0) is 25.9 Å². The van der Waals surface area contributed by atoms with Crippen LogP contribution < -0.4 is 11.1 Å². The summed E-state index contributed by atoms with van der Waals surface area (Å²) >= 11 is 0. The third kappa shape index (κ3) is 2.25. The van der Waals surface area contributed by atoms with Crippen LogP contribution in [0.1, 0.15) is 26.7 Å². The monoisotopic (exact) mass is 199 g/mol. The van der Waals surface area contributed by atoms with Crippen molar-refractivity contribution in [3.05, 3.63) is 0 Å². The van der Waals surface area contributed by atoms with Gasteiger partial charge in [0.1, 0.15) is 5.54 Å². The van der Waals surface area contributed by atoms with Gasteiger partial charge in [-0.15, -0.1) is 0 Å². The average molecular weight is 199 g/mol. The molecule has 0 atom stereocenters. The minimum atomic E-state index is -0.444. The van der Waals surface area contributed by atoms with E-state index in [0.717, 1.165) is 39.0 Å². The van der Waals surface area contributed by atoms with Crippen LogP contribution in [-0.2, 0) is 4.79 Å². The van der Waals surface area contributed by atoms with Gasteiger partial charge in [-0.25, -0.2) is 0 Å². The van der Waals surface area contributed by atoms with Gasteiger partial charge in [0.15, 0.2) is 0 Å². The zero-order valence-corrected chi connectivity index (χ0v) is 9.18. The third-order valence-electron chi connectivity index (χ3n) is 3.14. The Morgan fingerprint density at radius 2 is 2.00 bits per heavy atom. The van der Waals surface area contributed by atoms with E-state index >= 15 is 0 Å². The zero-order chi connectivity index (χ0) is 10.6. The van der Waals surface area contributed by atoms with Gasteiger partial charge in [0.05, 0.1) is 0 Å². The molecular formula is C10H21N3O. The number of rotatable bonds is 4. The summed E-state index contributed by atoms with van der Waals surface area (Å²) in [5.41, 5.74) is 5.01. The molecule has 0 aromatic rings. The number of nitrogens with zero attached hydrogens (tertiary/aromatic N) is 1. The summed E-state index contributed by atoms with van der Waals surface area (Å²) in [7, 11) is 0. The standard InChI is InChI=1S/C10H21N3O/c1-3-12-10(9(11)14)5-7-13(4-2)8-6-10/h12H,3-8H2,1-2H3,(H2,11,14). The lowest BCUT2D eigenvalue weighted by molar-refractivity contribution is -0.126. The maximum absolute atomic E-state index is 11.4. The molecule has 0 unspecified atom stereocenters. The lowest BCUT2D eigenvalue weighted by Gasteiger charge is -2.39. The van der Waals surface area contributed by atoms with Crippen LogP contribution in [0, 0.1) is 0 Å². The number of hydrogen-bond donors (Lipinski definition) is 2. The average Bonchev–Trinajstić information content (AvgIpc) is 2.19. The molecule has 0 aromatic carbocycles. The van der Waals surface area contributed by atoms with Crippen LogP contribution in [0.2, 0.25) is 0 Å². The number of hydrogen-bond acceptors (Lipinski definition) is 3. The molecule has 0 radical (unpaired) electrons. The molecule has 1 saturated heterocycles. The third-order valence-corrected chi connectivity index (χ3v) is 3.14. The van der Waals surface area contributed by atoms with Gasteiger partial charge in [-0.1, -0.05) is 13.8 Å². The van der Waals surface area contributed by atoms with Gasteiger partial charge in [-0.3, -0.25) is 4.79 Å². The van der Waals surface area contributed by atoms with Crippen molar-refractivity contribution in [2.75, 3.05) is 26.2 Å². The van der Waals surface area contributed by atoms with E-state index in [4.69, 9.17) is 5.73 Å². The molecule has 1 rings (SSSR count). The Morgan fingerprint density at radius 3 is 2.36 bits per heavy atom.